The molecule has 2 heterocycles. The Kier molecular flexibility index (Phi) is 6.26. The standard InChI is InChI=1S/C23H28F2N.HI/c1-26(2)21-11-12-22(26)14-16(13-21)15-23(17-3-7-19(24)8-4-17)18-5-9-20(25)10-6-18;/h3-10,16,21-23H,11-15H2,1-2H3;1H/q+1;/p-1/t16?,21-,22+;. The Labute approximate surface area is 178 Å². The van der Waals surface area contributed by atoms with E-state index in [1.165, 1.54) is 54.4 Å². The maximum atomic E-state index is 13.4. The first-order valence-corrected chi connectivity index (χ1v) is 9.77. The number of halogens is 3. The molecule has 0 saturated carbocycles. The van der Waals surface area contributed by atoms with E-state index in [1.807, 2.05) is 24.3 Å². The highest BCUT2D eigenvalue weighted by molar-refractivity contribution is 5.33. The van der Waals surface area contributed by atoms with Gasteiger partial charge in [0.1, 0.15) is 11.6 Å². The van der Waals surface area contributed by atoms with Crippen LogP contribution in [0.25, 0.3) is 0 Å². The highest BCUT2D eigenvalue weighted by atomic mass is 127. The van der Waals surface area contributed by atoms with Gasteiger partial charge in [0, 0.05) is 31.6 Å². The quantitative estimate of drug-likeness (QED) is 0.464. The first-order valence-electron chi connectivity index (χ1n) is 9.77. The summed E-state index contributed by atoms with van der Waals surface area (Å²) in [5.41, 5.74) is 2.26. The van der Waals surface area contributed by atoms with E-state index in [1.54, 1.807) is 0 Å². The van der Waals surface area contributed by atoms with Gasteiger partial charge in [-0.2, -0.15) is 0 Å². The summed E-state index contributed by atoms with van der Waals surface area (Å²) in [6, 6.07) is 15.2. The molecule has 4 rings (SSSR count). The molecule has 1 nitrogen and oxygen atoms in total. The number of nitrogens with zero attached hydrogens (tertiary/aromatic N) is 1. The number of quaternary nitrogens is 1. The fraction of sp³-hybridized carbons (Fsp3) is 0.478. The zero-order chi connectivity index (χ0) is 18.3. The molecular weight excluding hydrogens is 455 g/mol. The Morgan fingerprint density at radius 1 is 0.815 bits per heavy atom. The molecule has 0 N–H and O–H groups in total. The molecule has 2 aliphatic rings. The molecule has 0 spiro atoms. The minimum Gasteiger partial charge on any atom is -1.00 e. The number of piperidine rings is 1. The van der Waals surface area contributed by atoms with E-state index in [4.69, 9.17) is 0 Å². The van der Waals surface area contributed by atoms with Crippen molar-refractivity contribution < 1.29 is 37.2 Å². The van der Waals surface area contributed by atoms with Gasteiger partial charge in [-0.1, -0.05) is 24.3 Å². The molecule has 0 aliphatic carbocycles. The maximum Gasteiger partial charge on any atom is 0.123 e. The van der Waals surface area contributed by atoms with Gasteiger partial charge in [0.15, 0.2) is 0 Å². The fourth-order valence-electron chi connectivity index (χ4n) is 5.37. The molecule has 2 aromatic rings. The lowest BCUT2D eigenvalue weighted by Gasteiger charge is -2.45. The summed E-state index contributed by atoms with van der Waals surface area (Å²) < 4.78 is 28.0. The Bertz CT molecular complexity index is 695. The Hall–Kier alpha value is -1.01. The molecule has 3 atom stereocenters. The number of hydrogen-bond acceptors (Lipinski definition) is 0. The monoisotopic (exact) mass is 483 g/mol. The maximum absolute atomic E-state index is 13.4. The molecule has 0 amide bonds. The highest BCUT2D eigenvalue weighted by Crippen LogP contribution is 2.45. The van der Waals surface area contributed by atoms with Crippen LogP contribution in [0.15, 0.2) is 48.5 Å². The van der Waals surface area contributed by atoms with Crippen molar-refractivity contribution in [3.63, 3.8) is 0 Å². The van der Waals surface area contributed by atoms with Crippen molar-refractivity contribution in [3.05, 3.63) is 71.3 Å². The predicted molar refractivity (Wildman–Crippen MR) is 101 cm³/mol. The van der Waals surface area contributed by atoms with Crippen LogP contribution in [0.1, 0.15) is 49.1 Å². The summed E-state index contributed by atoms with van der Waals surface area (Å²) in [6.07, 6.45) is 6.27. The van der Waals surface area contributed by atoms with Gasteiger partial charge in [-0.3, -0.25) is 0 Å². The molecule has 2 aromatic carbocycles. The molecule has 2 bridgehead atoms. The summed E-state index contributed by atoms with van der Waals surface area (Å²) in [5, 5.41) is 0. The summed E-state index contributed by atoms with van der Waals surface area (Å²) in [6.45, 7) is 0. The molecule has 0 aromatic heterocycles. The Morgan fingerprint density at radius 3 is 1.63 bits per heavy atom. The van der Waals surface area contributed by atoms with Crippen LogP contribution in [-0.2, 0) is 0 Å². The second kappa shape index (κ2) is 8.16. The molecule has 1 unspecified atom stereocenters. The van der Waals surface area contributed by atoms with Crippen molar-refractivity contribution in [2.75, 3.05) is 14.1 Å². The lowest BCUT2D eigenvalue weighted by molar-refractivity contribution is -0.931. The average molecular weight is 483 g/mol. The van der Waals surface area contributed by atoms with Gasteiger partial charge in [0.05, 0.1) is 26.2 Å². The summed E-state index contributed by atoms with van der Waals surface area (Å²) >= 11 is 0. The third-order valence-corrected chi connectivity index (χ3v) is 7.04. The normalized spacial score (nSPS) is 26.0. The van der Waals surface area contributed by atoms with Crippen molar-refractivity contribution in [1.82, 2.24) is 0 Å². The first-order chi connectivity index (χ1) is 12.4. The van der Waals surface area contributed by atoms with Crippen molar-refractivity contribution in [2.24, 2.45) is 5.92 Å². The largest absolute Gasteiger partial charge is 1.00 e. The third-order valence-electron chi connectivity index (χ3n) is 7.04. The number of benzene rings is 2. The van der Waals surface area contributed by atoms with Crippen LogP contribution in [0.3, 0.4) is 0 Å². The van der Waals surface area contributed by atoms with Gasteiger partial charge in [0.25, 0.3) is 0 Å². The topological polar surface area (TPSA) is 0 Å². The lowest BCUT2D eigenvalue weighted by Crippen LogP contribution is -3.00. The minimum absolute atomic E-state index is 0. The summed E-state index contributed by atoms with van der Waals surface area (Å²) in [7, 11) is 4.77. The fourth-order valence-corrected chi connectivity index (χ4v) is 5.37. The molecule has 2 aliphatic heterocycles. The summed E-state index contributed by atoms with van der Waals surface area (Å²) in [5.74, 6) is 0.468. The van der Waals surface area contributed by atoms with Crippen molar-refractivity contribution in [2.45, 2.75) is 50.1 Å². The van der Waals surface area contributed by atoms with E-state index in [0.29, 0.717) is 5.92 Å². The van der Waals surface area contributed by atoms with Gasteiger partial charge >= 0.3 is 0 Å². The van der Waals surface area contributed by atoms with Crippen LogP contribution in [0, 0.1) is 17.6 Å². The van der Waals surface area contributed by atoms with Crippen LogP contribution in [-0.4, -0.2) is 30.7 Å². The Morgan fingerprint density at radius 2 is 1.22 bits per heavy atom. The average Bonchev–Trinajstić information content (AvgIpc) is 2.78. The molecule has 4 heteroatoms. The third kappa shape index (κ3) is 4.21. The molecule has 0 radical (unpaired) electrons. The second-order valence-electron chi connectivity index (χ2n) is 8.74. The van der Waals surface area contributed by atoms with Crippen LogP contribution in [0.4, 0.5) is 8.78 Å². The first kappa shape index (κ1) is 20.7. The molecule has 146 valence electrons. The van der Waals surface area contributed by atoms with Crippen LogP contribution in [0.5, 0.6) is 0 Å². The second-order valence-corrected chi connectivity index (χ2v) is 8.74. The zero-order valence-corrected chi connectivity index (χ0v) is 18.2. The lowest BCUT2D eigenvalue weighted by atomic mass is 9.78. The van der Waals surface area contributed by atoms with Crippen molar-refractivity contribution in [3.8, 4) is 0 Å². The van der Waals surface area contributed by atoms with Crippen LogP contribution < -0.4 is 24.0 Å². The van der Waals surface area contributed by atoms with E-state index >= 15 is 0 Å². The number of rotatable bonds is 4. The molecule has 2 saturated heterocycles. The van der Waals surface area contributed by atoms with Gasteiger partial charge in [-0.15, -0.1) is 0 Å². The van der Waals surface area contributed by atoms with Gasteiger partial charge in [-0.25, -0.2) is 8.78 Å². The van der Waals surface area contributed by atoms with E-state index in [-0.39, 0.29) is 41.5 Å². The van der Waals surface area contributed by atoms with E-state index in [2.05, 4.69) is 14.1 Å². The van der Waals surface area contributed by atoms with E-state index in [0.717, 1.165) is 29.6 Å². The Balaban J connectivity index is 0.00000210. The van der Waals surface area contributed by atoms with Crippen LogP contribution >= 0.6 is 0 Å². The molecule has 2 fully saturated rings. The zero-order valence-electron chi connectivity index (χ0n) is 16.0. The van der Waals surface area contributed by atoms with Crippen molar-refractivity contribution >= 4 is 0 Å². The van der Waals surface area contributed by atoms with Crippen LogP contribution in [0.2, 0.25) is 0 Å². The smallest absolute Gasteiger partial charge is 0.123 e. The predicted octanol–water partition coefficient (Wildman–Crippen LogP) is 2.51. The SMILES string of the molecule is C[N+]1(C)[C@@H]2CC[C@H]1CC(CC(c1ccc(F)cc1)c1ccc(F)cc1)C2.[I-]. The summed E-state index contributed by atoms with van der Waals surface area (Å²) in [4.78, 5) is 0. The van der Waals surface area contributed by atoms with Crippen molar-refractivity contribution in [1.29, 1.82) is 0 Å². The molecular formula is C23H28F2IN. The number of fused-ring (bicyclic) bond motifs is 2. The highest BCUT2D eigenvalue weighted by Gasteiger charge is 2.48. The van der Waals surface area contributed by atoms with Gasteiger partial charge < -0.3 is 28.5 Å². The minimum atomic E-state index is -0.207. The van der Waals surface area contributed by atoms with E-state index < -0.39 is 0 Å². The molecule has 27 heavy (non-hydrogen) atoms. The van der Waals surface area contributed by atoms with Gasteiger partial charge in [0.2, 0.25) is 0 Å². The van der Waals surface area contributed by atoms with Gasteiger partial charge in [-0.05, 0) is 47.7 Å². The number of hydrogen-bond donors (Lipinski definition) is 0. The van der Waals surface area contributed by atoms with E-state index in [9.17, 15) is 8.78 Å².